The minimum atomic E-state index is -2.94. The highest BCUT2D eigenvalue weighted by molar-refractivity contribution is 8.15. The molecule has 0 aromatic rings. The fraction of sp³-hybridized carbons (Fsp3) is 0.875. The smallest absolute Gasteiger partial charge is 0.251 e. The first kappa shape index (κ1) is 14.8. The van der Waals surface area contributed by atoms with Crippen LogP contribution >= 0.6 is 11.8 Å². The molecule has 0 unspecified atom stereocenters. The van der Waals surface area contributed by atoms with Gasteiger partial charge in [0.25, 0.3) is 5.91 Å². The Morgan fingerprint density at radius 3 is 2.57 bits per heavy atom. The molecule has 3 saturated carbocycles. The van der Waals surface area contributed by atoms with E-state index in [0.717, 1.165) is 30.3 Å². The van der Waals surface area contributed by atoms with Crippen LogP contribution in [0.4, 0.5) is 0 Å². The standard InChI is InChI=1S/C16H22N2O3S2/c19-15(10-3-4-10)17-16-18(12-6-9-1-2-11(12)5-9)13-7-23(20,21)8-14(13)22-16/h9-14H,1-8H2/t9-,11-,12-,13-,14+/m0/s1. The number of carbonyl (C=O) groups is 1. The molecule has 0 aromatic heterocycles. The Bertz CT molecular complexity index is 685. The van der Waals surface area contributed by atoms with Crippen LogP contribution in [0.1, 0.15) is 38.5 Å². The van der Waals surface area contributed by atoms with Gasteiger partial charge < -0.3 is 4.90 Å². The molecule has 0 spiro atoms. The molecule has 1 amide bonds. The van der Waals surface area contributed by atoms with Crippen LogP contribution in [0, 0.1) is 17.8 Å². The van der Waals surface area contributed by atoms with Crippen molar-refractivity contribution >= 4 is 32.7 Å². The summed E-state index contributed by atoms with van der Waals surface area (Å²) < 4.78 is 24.1. The van der Waals surface area contributed by atoms with E-state index in [0.29, 0.717) is 12.0 Å². The third-order valence-corrected chi connectivity index (χ3v) is 9.52. The van der Waals surface area contributed by atoms with Gasteiger partial charge in [-0.05, 0) is 43.9 Å². The zero-order valence-corrected chi connectivity index (χ0v) is 14.7. The molecular weight excluding hydrogens is 332 g/mol. The average molecular weight is 354 g/mol. The molecule has 0 aromatic carbocycles. The van der Waals surface area contributed by atoms with Crippen molar-refractivity contribution in [3.05, 3.63) is 0 Å². The zero-order valence-electron chi connectivity index (χ0n) is 13.1. The van der Waals surface area contributed by atoms with Crippen LogP contribution < -0.4 is 0 Å². The lowest BCUT2D eigenvalue weighted by Gasteiger charge is -2.36. The van der Waals surface area contributed by atoms with E-state index in [1.165, 1.54) is 19.3 Å². The first-order chi connectivity index (χ1) is 11.0. The predicted molar refractivity (Wildman–Crippen MR) is 90.1 cm³/mol. The molecule has 5 rings (SSSR count). The first-order valence-electron chi connectivity index (χ1n) is 8.78. The highest BCUT2D eigenvalue weighted by Gasteiger charge is 2.54. The molecule has 0 radical (unpaired) electrons. The average Bonchev–Trinajstić information content (AvgIpc) is 2.86. The normalized spacial score (nSPS) is 45.8. The van der Waals surface area contributed by atoms with Gasteiger partial charge in [0.15, 0.2) is 15.0 Å². The lowest BCUT2D eigenvalue weighted by atomic mass is 9.93. The topological polar surface area (TPSA) is 66.8 Å². The van der Waals surface area contributed by atoms with Gasteiger partial charge in [0.05, 0.1) is 17.5 Å². The monoisotopic (exact) mass is 354 g/mol. The van der Waals surface area contributed by atoms with Crippen LogP contribution in [0.25, 0.3) is 0 Å². The van der Waals surface area contributed by atoms with Crippen molar-refractivity contribution in [1.29, 1.82) is 0 Å². The molecule has 2 bridgehead atoms. The van der Waals surface area contributed by atoms with Gasteiger partial charge in [-0.1, -0.05) is 18.2 Å². The number of thioether (sulfide) groups is 1. The molecule has 2 aliphatic heterocycles. The summed E-state index contributed by atoms with van der Waals surface area (Å²) in [5.74, 6) is 2.11. The van der Waals surface area contributed by atoms with Crippen LogP contribution in [-0.4, -0.2) is 53.2 Å². The van der Waals surface area contributed by atoms with Gasteiger partial charge in [-0.2, -0.15) is 4.99 Å². The highest BCUT2D eigenvalue weighted by atomic mass is 32.2. The Balaban J connectivity index is 1.47. The van der Waals surface area contributed by atoms with E-state index in [2.05, 4.69) is 9.89 Å². The zero-order chi connectivity index (χ0) is 15.8. The maximum Gasteiger partial charge on any atom is 0.251 e. The second kappa shape index (κ2) is 4.97. The van der Waals surface area contributed by atoms with Gasteiger partial charge in [-0.15, -0.1) is 0 Å². The van der Waals surface area contributed by atoms with E-state index in [1.54, 1.807) is 11.8 Å². The third-order valence-electron chi connectivity index (χ3n) is 6.30. The van der Waals surface area contributed by atoms with Crippen LogP contribution in [0.15, 0.2) is 4.99 Å². The lowest BCUT2D eigenvalue weighted by Crippen LogP contribution is -2.47. The van der Waals surface area contributed by atoms with E-state index in [1.807, 2.05) is 0 Å². The number of hydrogen-bond acceptors (Lipinski definition) is 4. The summed E-state index contributed by atoms with van der Waals surface area (Å²) >= 11 is 1.56. The van der Waals surface area contributed by atoms with Gasteiger partial charge in [0.2, 0.25) is 0 Å². The molecular formula is C16H22N2O3S2. The van der Waals surface area contributed by atoms with E-state index in [4.69, 9.17) is 0 Å². The van der Waals surface area contributed by atoms with Gasteiger partial charge in [-0.3, -0.25) is 4.79 Å². The van der Waals surface area contributed by atoms with Crippen molar-refractivity contribution in [3.63, 3.8) is 0 Å². The number of rotatable bonds is 2. The molecule has 23 heavy (non-hydrogen) atoms. The second-order valence-corrected chi connectivity index (χ2v) is 11.3. The largest absolute Gasteiger partial charge is 0.343 e. The predicted octanol–water partition coefficient (Wildman–Crippen LogP) is 1.68. The Labute approximate surface area is 141 Å². The van der Waals surface area contributed by atoms with Gasteiger partial charge in [0, 0.05) is 17.2 Å². The number of nitrogens with zero attached hydrogens (tertiary/aromatic N) is 2. The van der Waals surface area contributed by atoms with Crippen LogP contribution in [0.3, 0.4) is 0 Å². The SMILES string of the molecule is O=C(N=C1S[C@@H]2CS(=O)(=O)C[C@@H]2N1[C@H]1C[C@H]2CC[C@H]1C2)C1CC1. The quantitative estimate of drug-likeness (QED) is 0.755. The minimum Gasteiger partial charge on any atom is -0.343 e. The number of carbonyl (C=O) groups excluding carboxylic acids is 1. The number of amides is 1. The maximum absolute atomic E-state index is 12.2. The van der Waals surface area contributed by atoms with Crippen LogP contribution in [-0.2, 0) is 14.6 Å². The molecule has 3 aliphatic carbocycles. The number of fused-ring (bicyclic) bond motifs is 3. The van der Waals surface area contributed by atoms with Crippen LogP contribution in [0.5, 0.6) is 0 Å². The summed E-state index contributed by atoms with van der Waals surface area (Å²) in [6.07, 6.45) is 6.95. The van der Waals surface area contributed by atoms with E-state index >= 15 is 0 Å². The fourth-order valence-corrected chi connectivity index (χ4v) is 9.02. The molecule has 2 saturated heterocycles. The summed E-state index contributed by atoms with van der Waals surface area (Å²) in [5, 5.41) is 0.911. The number of amidine groups is 1. The van der Waals surface area contributed by atoms with Crippen LogP contribution in [0.2, 0.25) is 0 Å². The summed E-state index contributed by atoms with van der Waals surface area (Å²) in [6, 6.07) is 0.454. The number of sulfone groups is 1. The molecule has 0 N–H and O–H groups in total. The molecule has 126 valence electrons. The van der Waals surface area contributed by atoms with E-state index in [9.17, 15) is 13.2 Å². The molecule has 5 fully saturated rings. The molecule has 5 nitrogen and oxygen atoms in total. The lowest BCUT2D eigenvalue weighted by molar-refractivity contribution is -0.118. The molecule has 5 atom stereocenters. The van der Waals surface area contributed by atoms with Gasteiger partial charge >= 0.3 is 0 Å². The highest BCUT2D eigenvalue weighted by Crippen LogP contribution is 2.51. The fourth-order valence-electron chi connectivity index (χ4n) is 5.05. The number of aliphatic imine (C=N–C) groups is 1. The Morgan fingerprint density at radius 2 is 1.91 bits per heavy atom. The van der Waals surface area contributed by atoms with Crippen molar-refractivity contribution in [3.8, 4) is 0 Å². The number of hydrogen-bond donors (Lipinski definition) is 0. The molecule has 7 heteroatoms. The van der Waals surface area contributed by atoms with Gasteiger partial charge in [-0.25, -0.2) is 8.42 Å². The maximum atomic E-state index is 12.2. The summed E-state index contributed by atoms with van der Waals surface area (Å²) in [6.45, 7) is 0. The third kappa shape index (κ3) is 2.46. The van der Waals surface area contributed by atoms with Gasteiger partial charge in [0.1, 0.15) is 0 Å². The van der Waals surface area contributed by atoms with Crippen molar-refractivity contribution in [2.24, 2.45) is 22.7 Å². The summed E-state index contributed by atoms with van der Waals surface area (Å²) in [7, 11) is -2.94. The minimum absolute atomic E-state index is 0.0171. The van der Waals surface area contributed by atoms with Crippen molar-refractivity contribution in [2.75, 3.05) is 11.5 Å². The van der Waals surface area contributed by atoms with Crippen molar-refractivity contribution < 1.29 is 13.2 Å². The van der Waals surface area contributed by atoms with E-state index in [-0.39, 0.29) is 34.6 Å². The van der Waals surface area contributed by atoms with Crippen molar-refractivity contribution in [2.45, 2.75) is 55.9 Å². The first-order valence-corrected chi connectivity index (χ1v) is 11.5. The van der Waals surface area contributed by atoms with Crippen molar-refractivity contribution in [1.82, 2.24) is 4.90 Å². The Kier molecular flexibility index (Phi) is 3.19. The summed E-state index contributed by atoms with van der Waals surface area (Å²) in [4.78, 5) is 18.9. The second-order valence-electron chi connectivity index (χ2n) is 7.96. The van der Waals surface area contributed by atoms with E-state index < -0.39 is 9.84 Å². The Hall–Kier alpha value is -0.560. The molecule has 5 aliphatic rings. The molecule has 2 heterocycles. The Morgan fingerprint density at radius 1 is 1.09 bits per heavy atom. The summed E-state index contributed by atoms with van der Waals surface area (Å²) in [5.41, 5.74) is 0.